The molecule has 9 nitrogen and oxygen atoms in total. The third-order valence-corrected chi connectivity index (χ3v) is 9.09. The summed E-state index contributed by atoms with van der Waals surface area (Å²) in [6.45, 7) is 3.99. The summed E-state index contributed by atoms with van der Waals surface area (Å²) in [5.41, 5.74) is 1.86. The zero-order valence-corrected chi connectivity index (χ0v) is 23.7. The predicted molar refractivity (Wildman–Crippen MR) is 153 cm³/mol. The smallest absolute Gasteiger partial charge is 0.252 e. The fraction of sp³-hybridized carbons (Fsp3) is 0.517. The standard InChI is InChI=1S/C29H37FN4O5S/c1-18-6-8-19(9-7-18)26(33-27(35)20-4-3-5-21(14-20)34-40(2,37)38)28(36)32-22-15-23(30)25-24(16-22)31-17-29(25)10-12-39-13-11-29/h3-5,14-16,18-19,26,31,34H,6-13,17H2,1-2H3,(H,32,36)(H,33,35). The minimum atomic E-state index is -3.52. The SMILES string of the molecule is CC1CCC(C(NC(=O)c2cccc(NS(C)(=O)=O)c2)C(=O)Nc2cc(F)c3c(c2)NCC32CCOCC2)CC1. The van der Waals surface area contributed by atoms with Gasteiger partial charge in [-0.25, -0.2) is 12.8 Å². The maximum Gasteiger partial charge on any atom is 0.252 e. The molecule has 11 heteroatoms. The van der Waals surface area contributed by atoms with E-state index in [-0.39, 0.29) is 28.4 Å². The molecule has 0 aromatic heterocycles. The van der Waals surface area contributed by atoms with Crippen molar-refractivity contribution in [2.75, 3.05) is 41.4 Å². The highest BCUT2D eigenvalue weighted by atomic mass is 32.2. The number of hydrogen-bond acceptors (Lipinski definition) is 6. The van der Waals surface area contributed by atoms with Crippen molar-refractivity contribution >= 4 is 38.9 Å². The van der Waals surface area contributed by atoms with Crippen LogP contribution in [-0.2, 0) is 25.0 Å². The van der Waals surface area contributed by atoms with Crippen molar-refractivity contribution in [1.29, 1.82) is 0 Å². The van der Waals surface area contributed by atoms with Gasteiger partial charge in [-0.2, -0.15) is 0 Å². The van der Waals surface area contributed by atoms with E-state index in [0.717, 1.165) is 44.8 Å². The van der Waals surface area contributed by atoms with E-state index in [1.54, 1.807) is 24.3 Å². The van der Waals surface area contributed by atoms with Crippen LogP contribution in [0.4, 0.5) is 21.5 Å². The van der Waals surface area contributed by atoms with E-state index in [2.05, 4.69) is 27.6 Å². The molecule has 40 heavy (non-hydrogen) atoms. The first kappa shape index (κ1) is 28.4. The van der Waals surface area contributed by atoms with Gasteiger partial charge in [0, 0.05) is 53.4 Å². The van der Waals surface area contributed by atoms with Gasteiger partial charge in [-0.3, -0.25) is 14.3 Å². The number of nitrogens with one attached hydrogen (secondary N) is 4. The number of benzene rings is 2. The Morgan fingerprint density at radius 3 is 2.50 bits per heavy atom. The van der Waals surface area contributed by atoms with Crippen LogP contribution in [-0.4, -0.2) is 52.3 Å². The Balaban J connectivity index is 1.36. The summed E-state index contributed by atoms with van der Waals surface area (Å²) in [7, 11) is -3.52. The van der Waals surface area contributed by atoms with E-state index in [1.165, 1.54) is 12.1 Å². The molecule has 2 aromatic rings. The number of carbonyl (C=O) groups is 2. The lowest BCUT2D eigenvalue weighted by atomic mass is 9.75. The monoisotopic (exact) mass is 572 g/mol. The molecule has 2 aromatic carbocycles. The first-order chi connectivity index (χ1) is 19.0. The number of ether oxygens (including phenoxy) is 1. The van der Waals surface area contributed by atoms with Gasteiger partial charge >= 0.3 is 0 Å². The van der Waals surface area contributed by atoms with Crippen LogP contribution >= 0.6 is 0 Å². The van der Waals surface area contributed by atoms with Crippen LogP contribution in [0.2, 0.25) is 0 Å². The molecule has 4 N–H and O–H groups in total. The maximum atomic E-state index is 15.5. The zero-order chi connectivity index (χ0) is 28.5. The van der Waals surface area contributed by atoms with E-state index < -0.39 is 27.9 Å². The number of sulfonamides is 1. The van der Waals surface area contributed by atoms with Crippen molar-refractivity contribution in [3.8, 4) is 0 Å². The minimum absolute atomic E-state index is 0.0830. The topological polar surface area (TPSA) is 126 Å². The van der Waals surface area contributed by atoms with E-state index in [4.69, 9.17) is 4.74 Å². The molecule has 3 aliphatic rings. The molecule has 5 rings (SSSR count). The fourth-order valence-corrected chi connectivity index (χ4v) is 6.85. The van der Waals surface area contributed by atoms with Crippen LogP contribution in [0, 0.1) is 17.7 Å². The summed E-state index contributed by atoms with van der Waals surface area (Å²) in [6, 6.07) is 8.41. The van der Waals surface area contributed by atoms with Crippen molar-refractivity contribution < 1.29 is 27.1 Å². The molecule has 2 amide bonds. The van der Waals surface area contributed by atoms with Crippen molar-refractivity contribution in [2.24, 2.45) is 11.8 Å². The third kappa shape index (κ3) is 6.25. The molecule has 1 aliphatic carbocycles. The fourth-order valence-electron chi connectivity index (χ4n) is 6.30. The van der Waals surface area contributed by atoms with E-state index in [9.17, 15) is 18.0 Å². The molecule has 2 aliphatic heterocycles. The molecular weight excluding hydrogens is 535 g/mol. The van der Waals surface area contributed by atoms with Crippen LogP contribution in [0.3, 0.4) is 0 Å². The van der Waals surface area contributed by atoms with E-state index in [1.807, 2.05) is 0 Å². The van der Waals surface area contributed by atoms with Gasteiger partial charge < -0.3 is 20.7 Å². The zero-order valence-electron chi connectivity index (χ0n) is 22.9. The third-order valence-electron chi connectivity index (χ3n) is 8.48. The normalized spacial score (nSPS) is 22.6. The number of rotatable bonds is 7. The second kappa shape index (κ2) is 11.4. The van der Waals surface area contributed by atoms with Crippen LogP contribution in [0.1, 0.15) is 61.4 Å². The maximum absolute atomic E-state index is 15.5. The quantitative estimate of drug-likeness (QED) is 0.394. The number of anilines is 3. The second-order valence-electron chi connectivity index (χ2n) is 11.5. The van der Waals surface area contributed by atoms with Crippen molar-refractivity contribution in [3.05, 3.63) is 53.3 Å². The molecule has 1 spiro atoms. The minimum Gasteiger partial charge on any atom is -0.384 e. The number of fused-ring (bicyclic) bond motifs is 2. The average molecular weight is 573 g/mol. The first-order valence-electron chi connectivity index (χ1n) is 13.9. The number of carbonyl (C=O) groups excluding carboxylic acids is 2. The van der Waals surface area contributed by atoms with Gasteiger partial charge in [0.25, 0.3) is 5.91 Å². The second-order valence-corrected chi connectivity index (χ2v) is 13.3. The molecule has 2 fully saturated rings. The number of amides is 2. The van der Waals surface area contributed by atoms with Crippen molar-refractivity contribution in [1.82, 2.24) is 5.32 Å². The van der Waals surface area contributed by atoms with Crippen LogP contribution in [0.5, 0.6) is 0 Å². The number of hydrogen-bond donors (Lipinski definition) is 4. The van der Waals surface area contributed by atoms with Crippen molar-refractivity contribution in [2.45, 2.75) is 56.9 Å². The molecule has 1 saturated heterocycles. The predicted octanol–water partition coefficient (Wildman–Crippen LogP) is 4.23. The van der Waals surface area contributed by atoms with Gasteiger partial charge in [0.05, 0.1) is 6.26 Å². The van der Waals surface area contributed by atoms with Gasteiger partial charge in [0.1, 0.15) is 11.9 Å². The molecule has 216 valence electrons. The van der Waals surface area contributed by atoms with Gasteiger partial charge in [0.15, 0.2) is 0 Å². The van der Waals surface area contributed by atoms with Gasteiger partial charge in [0.2, 0.25) is 15.9 Å². The summed E-state index contributed by atoms with van der Waals surface area (Å²) in [6.07, 6.45) is 5.96. The molecule has 2 heterocycles. The van der Waals surface area contributed by atoms with E-state index >= 15 is 4.39 Å². The lowest BCUT2D eigenvalue weighted by Crippen LogP contribution is -2.49. The Morgan fingerprint density at radius 2 is 1.80 bits per heavy atom. The van der Waals surface area contributed by atoms with Crippen molar-refractivity contribution in [3.63, 3.8) is 0 Å². The first-order valence-corrected chi connectivity index (χ1v) is 15.8. The van der Waals surface area contributed by atoms with E-state index in [0.29, 0.717) is 42.6 Å². The Kier molecular flexibility index (Phi) is 8.05. The summed E-state index contributed by atoms with van der Waals surface area (Å²) in [4.78, 5) is 26.9. The molecular formula is C29H37FN4O5S. The molecule has 1 unspecified atom stereocenters. The van der Waals surface area contributed by atoms with Gasteiger partial charge in [-0.05, 0) is 67.9 Å². The van der Waals surface area contributed by atoms with Crippen LogP contribution in [0.25, 0.3) is 0 Å². The summed E-state index contributed by atoms with van der Waals surface area (Å²) < 4.78 is 46.6. The Labute approximate surface area is 234 Å². The summed E-state index contributed by atoms with van der Waals surface area (Å²) >= 11 is 0. The van der Waals surface area contributed by atoms with Crippen LogP contribution in [0.15, 0.2) is 36.4 Å². The number of halogens is 1. The van der Waals surface area contributed by atoms with Gasteiger partial charge in [-0.1, -0.05) is 25.8 Å². The highest BCUT2D eigenvalue weighted by Crippen LogP contribution is 2.46. The average Bonchev–Trinajstić information content (AvgIpc) is 3.25. The molecule has 0 radical (unpaired) electrons. The van der Waals surface area contributed by atoms with Gasteiger partial charge in [-0.15, -0.1) is 0 Å². The highest BCUT2D eigenvalue weighted by molar-refractivity contribution is 7.92. The summed E-state index contributed by atoms with van der Waals surface area (Å²) in [5.74, 6) is -0.790. The molecule has 1 saturated carbocycles. The lowest BCUT2D eigenvalue weighted by molar-refractivity contribution is -0.119. The Bertz CT molecular complexity index is 1380. The highest BCUT2D eigenvalue weighted by Gasteiger charge is 2.43. The molecule has 1 atom stereocenters. The largest absolute Gasteiger partial charge is 0.384 e. The Morgan fingerprint density at radius 1 is 1.07 bits per heavy atom. The molecule has 0 bridgehead atoms. The lowest BCUT2D eigenvalue weighted by Gasteiger charge is -2.33. The summed E-state index contributed by atoms with van der Waals surface area (Å²) in [5, 5.41) is 9.07. The Hall–Kier alpha value is -3.18. The van der Waals surface area contributed by atoms with Crippen LogP contribution < -0.4 is 20.7 Å².